The number of nitrogens with one attached hydrogen (secondary N) is 1. The fourth-order valence-electron chi connectivity index (χ4n) is 2.18. The number of pyridine rings is 1. The molecule has 2 aromatic rings. The van der Waals surface area contributed by atoms with Crippen LogP contribution < -0.4 is 10.1 Å². The van der Waals surface area contributed by atoms with E-state index in [1.807, 2.05) is 54.4 Å². The van der Waals surface area contributed by atoms with Crippen molar-refractivity contribution in [2.45, 2.75) is 13.1 Å². The number of benzene rings is 1. The minimum absolute atomic E-state index is 0. The second-order valence-electron chi connectivity index (χ2n) is 5.02. The molecule has 0 atom stereocenters. The lowest BCUT2D eigenvalue weighted by atomic mass is 10.2. The van der Waals surface area contributed by atoms with Gasteiger partial charge in [-0.25, -0.2) is 4.98 Å². The molecular formula is C17H22ClIN4O. The Labute approximate surface area is 165 Å². The van der Waals surface area contributed by atoms with Gasteiger partial charge in [0.2, 0.25) is 5.88 Å². The van der Waals surface area contributed by atoms with E-state index in [1.54, 1.807) is 14.2 Å². The Morgan fingerprint density at radius 1 is 1.25 bits per heavy atom. The maximum Gasteiger partial charge on any atom is 0.213 e. The topological polar surface area (TPSA) is 49.8 Å². The molecule has 2 rings (SSSR count). The highest BCUT2D eigenvalue weighted by Crippen LogP contribution is 2.16. The molecule has 0 bridgehead atoms. The summed E-state index contributed by atoms with van der Waals surface area (Å²) < 4.78 is 5.13. The van der Waals surface area contributed by atoms with Crippen LogP contribution in [0.4, 0.5) is 0 Å². The zero-order valence-electron chi connectivity index (χ0n) is 14.0. The Balaban J connectivity index is 0.00000288. The predicted molar refractivity (Wildman–Crippen MR) is 109 cm³/mol. The van der Waals surface area contributed by atoms with E-state index in [1.165, 1.54) is 0 Å². The van der Waals surface area contributed by atoms with Crippen LogP contribution in [0.1, 0.15) is 11.3 Å². The third-order valence-corrected chi connectivity index (χ3v) is 3.73. The summed E-state index contributed by atoms with van der Waals surface area (Å²) >= 11 is 6.21. The molecule has 0 aliphatic carbocycles. The highest BCUT2D eigenvalue weighted by molar-refractivity contribution is 14.0. The van der Waals surface area contributed by atoms with Gasteiger partial charge < -0.3 is 15.0 Å². The highest BCUT2D eigenvalue weighted by atomic mass is 127. The molecule has 130 valence electrons. The SMILES string of the molecule is CN=C(NCc1cccc(OC)n1)N(C)Cc1ccccc1Cl.I. The first-order valence-electron chi connectivity index (χ1n) is 7.29. The molecule has 7 heteroatoms. The molecule has 1 heterocycles. The second kappa shape index (κ2) is 10.4. The summed E-state index contributed by atoms with van der Waals surface area (Å²) in [5.74, 6) is 1.37. The Morgan fingerprint density at radius 3 is 2.67 bits per heavy atom. The van der Waals surface area contributed by atoms with Gasteiger partial charge in [-0.05, 0) is 17.7 Å². The number of ether oxygens (including phenoxy) is 1. The molecule has 1 aromatic heterocycles. The average Bonchev–Trinajstić information content (AvgIpc) is 2.57. The van der Waals surface area contributed by atoms with Gasteiger partial charge in [0.15, 0.2) is 5.96 Å². The molecule has 0 saturated carbocycles. The van der Waals surface area contributed by atoms with Gasteiger partial charge in [-0.15, -0.1) is 24.0 Å². The molecule has 1 aromatic carbocycles. The zero-order chi connectivity index (χ0) is 16.7. The lowest BCUT2D eigenvalue weighted by Crippen LogP contribution is -2.38. The smallest absolute Gasteiger partial charge is 0.213 e. The lowest BCUT2D eigenvalue weighted by molar-refractivity contribution is 0.396. The minimum Gasteiger partial charge on any atom is -0.481 e. The van der Waals surface area contributed by atoms with Crippen molar-refractivity contribution >= 4 is 41.5 Å². The van der Waals surface area contributed by atoms with Crippen LogP contribution in [0, 0.1) is 0 Å². The molecule has 0 spiro atoms. The normalized spacial score (nSPS) is 10.8. The molecular weight excluding hydrogens is 439 g/mol. The fourth-order valence-corrected chi connectivity index (χ4v) is 2.38. The standard InChI is InChI=1S/C17H21ClN4O.HI/c1-19-17(20-11-14-8-6-10-16(21-14)23-3)22(2)12-13-7-4-5-9-15(13)18;/h4-10H,11-12H2,1-3H3,(H,19,20);1H. The van der Waals surface area contributed by atoms with Crippen molar-refractivity contribution in [3.8, 4) is 5.88 Å². The van der Waals surface area contributed by atoms with E-state index in [0.29, 0.717) is 19.0 Å². The summed E-state index contributed by atoms with van der Waals surface area (Å²) in [6, 6.07) is 13.5. The van der Waals surface area contributed by atoms with Crippen LogP contribution in [-0.4, -0.2) is 37.0 Å². The highest BCUT2D eigenvalue weighted by Gasteiger charge is 2.09. The number of aromatic nitrogens is 1. The van der Waals surface area contributed by atoms with Crippen LogP contribution in [0.2, 0.25) is 5.02 Å². The first kappa shape index (κ1) is 20.5. The largest absolute Gasteiger partial charge is 0.481 e. The maximum atomic E-state index is 6.21. The summed E-state index contributed by atoms with van der Waals surface area (Å²) in [6.45, 7) is 1.24. The number of hydrogen-bond acceptors (Lipinski definition) is 3. The van der Waals surface area contributed by atoms with Gasteiger partial charge in [-0.2, -0.15) is 0 Å². The molecule has 0 aliphatic heterocycles. The monoisotopic (exact) mass is 460 g/mol. The van der Waals surface area contributed by atoms with E-state index in [4.69, 9.17) is 16.3 Å². The quantitative estimate of drug-likeness (QED) is 0.421. The van der Waals surface area contributed by atoms with Crippen molar-refractivity contribution in [3.63, 3.8) is 0 Å². The zero-order valence-corrected chi connectivity index (χ0v) is 17.1. The maximum absolute atomic E-state index is 6.21. The minimum atomic E-state index is 0. The van der Waals surface area contributed by atoms with E-state index in [-0.39, 0.29) is 24.0 Å². The molecule has 1 N–H and O–H groups in total. The van der Waals surface area contributed by atoms with Crippen molar-refractivity contribution in [2.24, 2.45) is 4.99 Å². The van der Waals surface area contributed by atoms with Gasteiger partial charge in [-0.3, -0.25) is 4.99 Å². The fraction of sp³-hybridized carbons (Fsp3) is 0.294. The summed E-state index contributed by atoms with van der Waals surface area (Å²) in [4.78, 5) is 10.7. The third-order valence-electron chi connectivity index (χ3n) is 3.36. The van der Waals surface area contributed by atoms with E-state index in [2.05, 4.69) is 15.3 Å². The molecule has 0 radical (unpaired) electrons. The number of rotatable bonds is 5. The summed E-state index contributed by atoms with van der Waals surface area (Å²) in [5.41, 5.74) is 1.94. The molecule has 0 unspecified atom stereocenters. The molecule has 24 heavy (non-hydrogen) atoms. The van der Waals surface area contributed by atoms with Crippen molar-refractivity contribution in [3.05, 3.63) is 58.7 Å². The Hall–Kier alpha value is -1.54. The van der Waals surface area contributed by atoms with Crippen LogP contribution in [0.25, 0.3) is 0 Å². The van der Waals surface area contributed by atoms with E-state index in [9.17, 15) is 0 Å². The van der Waals surface area contributed by atoms with Gasteiger partial charge in [0, 0.05) is 31.7 Å². The van der Waals surface area contributed by atoms with Gasteiger partial charge in [-0.1, -0.05) is 35.9 Å². The number of halogens is 2. The van der Waals surface area contributed by atoms with Crippen molar-refractivity contribution in [1.82, 2.24) is 15.2 Å². The van der Waals surface area contributed by atoms with Crippen molar-refractivity contribution < 1.29 is 4.74 Å². The molecule has 0 amide bonds. The van der Waals surface area contributed by atoms with Crippen molar-refractivity contribution in [2.75, 3.05) is 21.2 Å². The van der Waals surface area contributed by atoms with E-state index in [0.717, 1.165) is 22.2 Å². The summed E-state index contributed by atoms with van der Waals surface area (Å²) in [5, 5.41) is 4.05. The van der Waals surface area contributed by atoms with Gasteiger partial charge in [0.25, 0.3) is 0 Å². The number of aliphatic imine (C=N–C) groups is 1. The Bertz CT molecular complexity index is 681. The first-order chi connectivity index (χ1) is 11.1. The summed E-state index contributed by atoms with van der Waals surface area (Å²) in [6.07, 6.45) is 0. The van der Waals surface area contributed by atoms with Gasteiger partial charge in [0.05, 0.1) is 19.3 Å². The second-order valence-corrected chi connectivity index (χ2v) is 5.43. The van der Waals surface area contributed by atoms with Crippen LogP contribution in [0.5, 0.6) is 5.88 Å². The van der Waals surface area contributed by atoms with Crippen LogP contribution in [0.15, 0.2) is 47.5 Å². The summed E-state index contributed by atoms with van der Waals surface area (Å²) in [7, 11) is 5.33. The van der Waals surface area contributed by atoms with E-state index >= 15 is 0 Å². The molecule has 0 saturated heterocycles. The molecule has 5 nitrogen and oxygen atoms in total. The lowest BCUT2D eigenvalue weighted by Gasteiger charge is -2.22. The predicted octanol–water partition coefficient (Wildman–Crippen LogP) is 3.57. The number of nitrogens with zero attached hydrogens (tertiary/aromatic N) is 3. The van der Waals surface area contributed by atoms with Crippen LogP contribution in [0.3, 0.4) is 0 Å². The first-order valence-corrected chi connectivity index (χ1v) is 7.67. The van der Waals surface area contributed by atoms with Crippen LogP contribution in [-0.2, 0) is 13.1 Å². The third kappa shape index (κ3) is 5.83. The van der Waals surface area contributed by atoms with Crippen LogP contribution >= 0.6 is 35.6 Å². The average molecular weight is 461 g/mol. The van der Waals surface area contributed by atoms with E-state index < -0.39 is 0 Å². The molecule has 0 fully saturated rings. The Kier molecular flexibility index (Phi) is 8.84. The van der Waals surface area contributed by atoms with Crippen molar-refractivity contribution in [1.29, 1.82) is 0 Å². The van der Waals surface area contributed by atoms with Gasteiger partial charge >= 0.3 is 0 Å². The Morgan fingerprint density at radius 2 is 2.00 bits per heavy atom. The number of hydrogen-bond donors (Lipinski definition) is 1. The number of guanidine groups is 1. The van der Waals surface area contributed by atoms with Gasteiger partial charge in [0.1, 0.15) is 0 Å². The molecule has 0 aliphatic rings. The number of methoxy groups -OCH3 is 1.